The molecule has 1 aromatic rings. The van der Waals surface area contributed by atoms with Crippen LogP contribution >= 0.6 is 7.14 Å². The van der Waals surface area contributed by atoms with E-state index in [1.54, 1.807) is 58.4 Å². The molecule has 0 spiro atoms. The molecule has 1 unspecified atom stereocenters. The van der Waals surface area contributed by atoms with Gasteiger partial charge in [-0.05, 0) is 39.7 Å². The van der Waals surface area contributed by atoms with Gasteiger partial charge in [-0.25, -0.2) is 9.59 Å². The molecule has 22 heavy (non-hydrogen) atoms. The van der Waals surface area contributed by atoms with Gasteiger partial charge in [-0.1, -0.05) is 24.3 Å². The lowest BCUT2D eigenvalue weighted by atomic mass is 10.1. The Bertz CT molecular complexity index is 615. The van der Waals surface area contributed by atoms with Crippen LogP contribution in [0.25, 0.3) is 0 Å². The van der Waals surface area contributed by atoms with Gasteiger partial charge in [0.05, 0.1) is 0 Å². The Labute approximate surface area is 130 Å². The Morgan fingerprint density at radius 3 is 2.23 bits per heavy atom. The summed E-state index contributed by atoms with van der Waals surface area (Å²) in [5.74, 6) is -1.24. The van der Waals surface area contributed by atoms with E-state index < -0.39 is 30.8 Å². The van der Waals surface area contributed by atoms with Crippen molar-refractivity contribution in [3.05, 3.63) is 29.8 Å². The highest BCUT2D eigenvalue weighted by molar-refractivity contribution is 7.70. The van der Waals surface area contributed by atoms with Crippen LogP contribution in [0, 0.1) is 0 Å². The van der Waals surface area contributed by atoms with Crippen molar-refractivity contribution in [2.24, 2.45) is 0 Å². The minimum Gasteiger partial charge on any atom is -0.479 e. The molecule has 7 heteroatoms. The zero-order valence-electron chi connectivity index (χ0n) is 13.4. The Kier molecular flexibility index (Phi) is 5.41. The summed E-state index contributed by atoms with van der Waals surface area (Å²) in [6, 6.07) is 5.17. The van der Waals surface area contributed by atoms with Crippen molar-refractivity contribution >= 4 is 24.5 Å². The van der Waals surface area contributed by atoms with E-state index in [2.05, 4.69) is 5.32 Å². The number of carboxylic acid groups (broad SMARTS) is 1. The summed E-state index contributed by atoms with van der Waals surface area (Å²) in [4.78, 5) is 23.4. The zero-order chi connectivity index (χ0) is 17.1. The molecule has 0 aliphatic carbocycles. The van der Waals surface area contributed by atoms with Crippen LogP contribution in [-0.2, 0) is 14.1 Å². The lowest BCUT2D eigenvalue weighted by Gasteiger charge is -2.23. The number of alkyl carbamates (subject to hydrolysis) is 1. The predicted molar refractivity (Wildman–Crippen MR) is 85.3 cm³/mol. The Hall–Kier alpha value is -1.81. The molecule has 0 radical (unpaired) electrons. The summed E-state index contributed by atoms with van der Waals surface area (Å²) in [5, 5.41) is 12.2. The molecule has 0 saturated heterocycles. The molecule has 1 rings (SSSR count). The van der Waals surface area contributed by atoms with Gasteiger partial charge in [-0.15, -0.1) is 0 Å². The fourth-order valence-electron chi connectivity index (χ4n) is 1.92. The largest absolute Gasteiger partial charge is 0.479 e. The fraction of sp³-hybridized carbons (Fsp3) is 0.467. The number of ether oxygens (including phenoxy) is 1. The van der Waals surface area contributed by atoms with Crippen LogP contribution in [0.5, 0.6) is 0 Å². The van der Waals surface area contributed by atoms with Crippen LogP contribution in [-0.4, -0.2) is 36.1 Å². The number of amides is 1. The number of hydrogen-bond donors (Lipinski definition) is 2. The molecule has 0 bridgehead atoms. The van der Waals surface area contributed by atoms with Crippen molar-refractivity contribution in [3.63, 3.8) is 0 Å². The van der Waals surface area contributed by atoms with Gasteiger partial charge in [-0.2, -0.15) is 0 Å². The third-order valence-electron chi connectivity index (χ3n) is 2.74. The molecule has 0 heterocycles. The molecule has 122 valence electrons. The maximum atomic E-state index is 12.3. The molecule has 2 N–H and O–H groups in total. The number of carboxylic acids is 1. The van der Waals surface area contributed by atoms with Crippen LogP contribution in [0.3, 0.4) is 0 Å². The maximum absolute atomic E-state index is 12.3. The van der Waals surface area contributed by atoms with Crippen LogP contribution in [0.1, 0.15) is 32.4 Å². The van der Waals surface area contributed by atoms with Crippen LogP contribution in [0.15, 0.2) is 24.3 Å². The van der Waals surface area contributed by atoms with Crippen molar-refractivity contribution in [3.8, 4) is 0 Å². The fourth-order valence-corrected chi connectivity index (χ4v) is 3.19. The molecule has 1 amide bonds. The van der Waals surface area contributed by atoms with Crippen LogP contribution in [0.4, 0.5) is 4.79 Å². The van der Waals surface area contributed by atoms with Crippen molar-refractivity contribution in [2.45, 2.75) is 32.4 Å². The van der Waals surface area contributed by atoms with E-state index in [1.165, 1.54) is 0 Å². The van der Waals surface area contributed by atoms with Gasteiger partial charge in [0.15, 0.2) is 6.04 Å². The number of rotatable bonds is 4. The second-order valence-electron chi connectivity index (χ2n) is 6.33. The van der Waals surface area contributed by atoms with E-state index in [1.807, 2.05) is 0 Å². The monoisotopic (exact) mass is 327 g/mol. The molecule has 0 aliphatic rings. The molecule has 1 atom stereocenters. The lowest BCUT2D eigenvalue weighted by molar-refractivity contribution is -0.139. The summed E-state index contributed by atoms with van der Waals surface area (Å²) in [7, 11) is -2.69. The highest BCUT2D eigenvalue weighted by atomic mass is 31.2. The maximum Gasteiger partial charge on any atom is 0.408 e. The molecular formula is C15H22NO5P. The minimum atomic E-state index is -2.69. The first kappa shape index (κ1) is 18.2. The second kappa shape index (κ2) is 6.53. The molecular weight excluding hydrogens is 305 g/mol. The molecule has 0 aliphatic heterocycles. The Balaban J connectivity index is 3.16. The van der Waals surface area contributed by atoms with Gasteiger partial charge < -0.3 is 19.7 Å². The van der Waals surface area contributed by atoms with Crippen molar-refractivity contribution in [1.29, 1.82) is 0 Å². The third-order valence-corrected chi connectivity index (χ3v) is 4.30. The lowest BCUT2D eigenvalue weighted by Crippen LogP contribution is -2.39. The SMILES string of the molecule is CC(C)(C)OC(=O)NC(C(=O)O)c1ccccc1P(C)(C)=O. The zero-order valence-corrected chi connectivity index (χ0v) is 14.3. The molecule has 0 aromatic heterocycles. The van der Waals surface area contributed by atoms with E-state index in [4.69, 9.17) is 4.74 Å². The Morgan fingerprint density at radius 1 is 1.23 bits per heavy atom. The minimum absolute atomic E-state index is 0.300. The normalized spacial score (nSPS) is 13.3. The van der Waals surface area contributed by atoms with Gasteiger partial charge in [-0.3, -0.25) is 0 Å². The Morgan fingerprint density at radius 2 is 1.77 bits per heavy atom. The third kappa shape index (κ3) is 5.19. The number of hydrogen-bond acceptors (Lipinski definition) is 4. The first-order valence-electron chi connectivity index (χ1n) is 6.78. The molecule has 6 nitrogen and oxygen atoms in total. The standard InChI is InChI=1S/C15H22NO5P/c1-15(2,3)21-14(19)16-12(13(17)18)10-8-6-7-9-11(10)22(4,5)20/h6-9,12H,1-5H3,(H,16,19)(H,17,18). The quantitative estimate of drug-likeness (QED) is 0.829. The first-order valence-corrected chi connectivity index (χ1v) is 9.39. The smallest absolute Gasteiger partial charge is 0.408 e. The van der Waals surface area contributed by atoms with Crippen molar-refractivity contribution in [2.75, 3.05) is 13.3 Å². The summed E-state index contributed by atoms with van der Waals surface area (Å²) < 4.78 is 17.4. The van der Waals surface area contributed by atoms with Gasteiger partial charge in [0.2, 0.25) is 0 Å². The molecule has 0 fully saturated rings. The van der Waals surface area contributed by atoms with E-state index in [9.17, 15) is 19.3 Å². The topological polar surface area (TPSA) is 92.7 Å². The summed E-state index contributed by atoms with van der Waals surface area (Å²) >= 11 is 0. The van der Waals surface area contributed by atoms with Crippen LogP contribution < -0.4 is 10.6 Å². The highest BCUT2D eigenvalue weighted by Crippen LogP contribution is 2.37. The average Bonchev–Trinajstić information content (AvgIpc) is 2.32. The number of nitrogens with one attached hydrogen (secondary N) is 1. The average molecular weight is 327 g/mol. The summed E-state index contributed by atoms with van der Waals surface area (Å²) in [5.41, 5.74) is -0.438. The molecule has 1 aromatic carbocycles. The predicted octanol–water partition coefficient (Wildman–Crippen LogP) is 2.59. The molecule has 0 saturated carbocycles. The van der Waals surface area contributed by atoms with E-state index in [0.717, 1.165) is 0 Å². The van der Waals surface area contributed by atoms with Gasteiger partial charge >= 0.3 is 12.1 Å². The van der Waals surface area contributed by atoms with Crippen molar-refractivity contribution < 1.29 is 24.0 Å². The number of benzene rings is 1. The van der Waals surface area contributed by atoms with E-state index in [0.29, 0.717) is 10.9 Å². The van der Waals surface area contributed by atoms with Gasteiger partial charge in [0.1, 0.15) is 12.7 Å². The summed E-state index contributed by atoms with van der Waals surface area (Å²) in [6.07, 6.45) is -0.836. The van der Waals surface area contributed by atoms with E-state index >= 15 is 0 Å². The van der Waals surface area contributed by atoms with Crippen LogP contribution in [0.2, 0.25) is 0 Å². The second-order valence-corrected chi connectivity index (χ2v) is 9.51. The van der Waals surface area contributed by atoms with Crippen molar-refractivity contribution in [1.82, 2.24) is 5.32 Å². The first-order chi connectivity index (χ1) is 9.92. The number of carbonyl (C=O) groups excluding carboxylic acids is 1. The highest BCUT2D eigenvalue weighted by Gasteiger charge is 2.29. The number of aliphatic carboxylic acids is 1. The van der Waals surface area contributed by atoms with E-state index in [-0.39, 0.29) is 0 Å². The van der Waals surface area contributed by atoms with Gasteiger partial charge in [0.25, 0.3) is 0 Å². The number of carbonyl (C=O) groups is 2. The van der Waals surface area contributed by atoms with Gasteiger partial charge in [0, 0.05) is 5.30 Å². The summed E-state index contributed by atoms with van der Waals surface area (Å²) in [6.45, 7) is 8.16.